The van der Waals surface area contributed by atoms with Gasteiger partial charge in [0.05, 0.1) is 21.8 Å². The number of thiazole rings is 1. The Morgan fingerprint density at radius 1 is 0.950 bits per heavy atom. The number of hydrogen-bond donors (Lipinski definition) is 1. The number of hydrogen-bond acceptors (Lipinski definition) is 6. The van der Waals surface area contributed by atoms with Crippen molar-refractivity contribution in [3.05, 3.63) is 145 Å². The number of fused-ring (bicyclic) bond motifs is 1. The van der Waals surface area contributed by atoms with E-state index in [2.05, 4.69) is 36.5 Å². The Hall–Kier alpha value is -4.40. The fraction of sp³-hybridized carbons (Fsp3) is 0.0938. The van der Waals surface area contributed by atoms with E-state index in [9.17, 15) is 9.59 Å². The van der Waals surface area contributed by atoms with Crippen molar-refractivity contribution in [2.75, 3.05) is 5.32 Å². The summed E-state index contributed by atoms with van der Waals surface area (Å²) in [5.41, 5.74) is 3.49. The first-order valence-electron chi connectivity index (χ1n) is 12.7. The van der Waals surface area contributed by atoms with E-state index in [0.29, 0.717) is 32.1 Å². The minimum absolute atomic E-state index is 0.223. The molecule has 1 atom stereocenters. The summed E-state index contributed by atoms with van der Waals surface area (Å²) >= 11 is 2.81. The maximum absolute atomic E-state index is 13.8. The van der Waals surface area contributed by atoms with Crippen LogP contribution in [-0.2, 0) is 4.79 Å². The van der Waals surface area contributed by atoms with Crippen LogP contribution in [0.2, 0.25) is 0 Å². The normalized spacial score (nSPS) is 15.1. The molecule has 0 spiro atoms. The van der Waals surface area contributed by atoms with Gasteiger partial charge in [0.2, 0.25) is 0 Å². The summed E-state index contributed by atoms with van der Waals surface area (Å²) in [5.74, 6) is 0.285. The molecule has 1 amide bonds. The zero-order valence-electron chi connectivity index (χ0n) is 21.8. The van der Waals surface area contributed by atoms with Crippen molar-refractivity contribution in [2.24, 2.45) is 4.99 Å². The largest absolute Gasteiger partial charge is 0.450 e. The Labute approximate surface area is 239 Å². The van der Waals surface area contributed by atoms with Crippen molar-refractivity contribution in [2.45, 2.75) is 29.9 Å². The summed E-state index contributed by atoms with van der Waals surface area (Å²) in [6, 6.07) is 30.2. The number of aromatic nitrogens is 1. The minimum atomic E-state index is -0.618. The quantitative estimate of drug-likeness (QED) is 0.278. The molecule has 0 aliphatic carbocycles. The predicted octanol–water partition coefficient (Wildman–Crippen LogP) is 5.93. The third-order valence-corrected chi connectivity index (χ3v) is 8.44. The molecule has 0 radical (unpaired) electrons. The van der Waals surface area contributed by atoms with Crippen molar-refractivity contribution >= 4 is 40.8 Å². The molecule has 8 heteroatoms. The average Bonchev–Trinajstić information content (AvgIpc) is 3.53. The first-order chi connectivity index (χ1) is 19.5. The lowest BCUT2D eigenvalue weighted by atomic mass is 9.95. The van der Waals surface area contributed by atoms with Crippen LogP contribution in [0.3, 0.4) is 0 Å². The van der Waals surface area contributed by atoms with Crippen molar-refractivity contribution in [3.8, 4) is 0 Å². The topological polar surface area (TPSA) is 76.6 Å². The fourth-order valence-corrected chi connectivity index (χ4v) is 6.41. The number of para-hydroxylation sites is 1. The molecule has 0 unspecified atom stereocenters. The summed E-state index contributed by atoms with van der Waals surface area (Å²) in [6.45, 7) is 3.87. The summed E-state index contributed by atoms with van der Waals surface area (Å²) < 4.78 is 8.13. The molecule has 2 aromatic heterocycles. The number of carbonyl (C=O) groups excluding carboxylic acids is 1. The number of rotatable bonds is 6. The summed E-state index contributed by atoms with van der Waals surface area (Å²) in [7, 11) is 0. The standard InChI is InChI=1S/C32H25N3O3S2/c1-20-13-16-25(17-14-20)39-27-18-15-24(38-27)19-26-31(37)35-29(22-9-5-3-6-10-22)28(21(2)33-32(35)40-26)30(36)34-23-11-7-4-8-12-23/h3-19,29H,1-2H3,(H,34,36)/b26-19-/t29-/m0/s1. The van der Waals surface area contributed by atoms with E-state index >= 15 is 0 Å². The van der Waals surface area contributed by atoms with Crippen LogP contribution in [-0.4, -0.2) is 10.5 Å². The molecule has 6 rings (SSSR count). The third kappa shape index (κ3) is 5.23. The van der Waals surface area contributed by atoms with Crippen LogP contribution in [0.25, 0.3) is 6.08 Å². The van der Waals surface area contributed by atoms with Gasteiger partial charge in [0.25, 0.3) is 11.5 Å². The summed E-state index contributed by atoms with van der Waals surface area (Å²) in [5, 5.41) is 3.71. The van der Waals surface area contributed by atoms with Crippen molar-refractivity contribution in [1.82, 2.24) is 4.57 Å². The third-order valence-electron chi connectivity index (χ3n) is 6.53. The van der Waals surface area contributed by atoms with E-state index in [4.69, 9.17) is 9.41 Å². The van der Waals surface area contributed by atoms with Gasteiger partial charge in [0.15, 0.2) is 9.89 Å². The van der Waals surface area contributed by atoms with Gasteiger partial charge in [-0.1, -0.05) is 89.3 Å². The highest BCUT2D eigenvalue weighted by Crippen LogP contribution is 2.31. The molecule has 5 aromatic rings. The molecule has 1 aliphatic heterocycles. The van der Waals surface area contributed by atoms with Gasteiger partial charge < -0.3 is 9.73 Å². The van der Waals surface area contributed by atoms with Gasteiger partial charge in [-0.2, -0.15) is 0 Å². The van der Waals surface area contributed by atoms with Gasteiger partial charge in [-0.15, -0.1) is 0 Å². The van der Waals surface area contributed by atoms with Crippen LogP contribution in [0.5, 0.6) is 0 Å². The highest BCUT2D eigenvalue weighted by Gasteiger charge is 2.32. The molecule has 1 aliphatic rings. The number of amides is 1. The minimum Gasteiger partial charge on any atom is -0.450 e. The first-order valence-corrected chi connectivity index (χ1v) is 14.4. The maximum atomic E-state index is 13.8. The maximum Gasteiger partial charge on any atom is 0.271 e. The van der Waals surface area contributed by atoms with Crippen LogP contribution >= 0.6 is 23.1 Å². The molecule has 6 nitrogen and oxygen atoms in total. The Kier molecular flexibility index (Phi) is 7.11. The van der Waals surface area contributed by atoms with E-state index in [1.807, 2.05) is 79.7 Å². The Balaban J connectivity index is 1.39. The lowest BCUT2D eigenvalue weighted by Crippen LogP contribution is -2.40. The Bertz CT molecular complexity index is 1900. The smallest absolute Gasteiger partial charge is 0.271 e. The van der Waals surface area contributed by atoms with Gasteiger partial charge in [0.1, 0.15) is 5.76 Å². The molecule has 1 N–H and O–H groups in total. The second-order valence-corrected chi connectivity index (χ2v) is 11.5. The van der Waals surface area contributed by atoms with Crippen LogP contribution in [0, 0.1) is 6.92 Å². The number of nitrogens with zero attached hydrogens (tertiary/aromatic N) is 2. The Morgan fingerprint density at radius 2 is 1.65 bits per heavy atom. The molecule has 3 aromatic carbocycles. The van der Waals surface area contributed by atoms with Crippen molar-refractivity contribution in [1.29, 1.82) is 0 Å². The number of aryl methyl sites for hydroxylation is 1. The molecule has 3 heterocycles. The van der Waals surface area contributed by atoms with Crippen LogP contribution in [0.1, 0.15) is 29.9 Å². The molecule has 198 valence electrons. The molecular formula is C32H25N3O3S2. The van der Waals surface area contributed by atoms with Gasteiger partial charge >= 0.3 is 0 Å². The van der Waals surface area contributed by atoms with Crippen LogP contribution in [0.15, 0.2) is 133 Å². The molecular weight excluding hydrogens is 539 g/mol. The highest BCUT2D eigenvalue weighted by atomic mass is 32.2. The van der Waals surface area contributed by atoms with Gasteiger partial charge in [-0.05, 0) is 55.8 Å². The lowest BCUT2D eigenvalue weighted by Gasteiger charge is -2.25. The van der Waals surface area contributed by atoms with E-state index in [1.165, 1.54) is 28.7 Å². The SMILES string of the molecule is CC1=C(C(=O)Nc2ccccc2)[C@H](c2ccccc2)n2c(s/c(=C\c3ccc(Sc4ccc(C)cc4)o3)c2=O)=N1. The molecule has 0 saturated heterocycles. The van der Waals surface area contributed by atoms with Gasteiger partial charge in [-0.3, -0.25) is 14.2 Å². The van der Waals surface area contributed by atoms with Crippen molar-refractivity contribution < 1.29 is 9.21 Å². The first kappa shape index (κ1) is 25.9. The average molecular weight is 564 g/mol. The lowest BCUT2D eigenvalue weighted by molar-refractivity contribution is -0.113. The highest BCUT2D eigenvalue weighted by molar-refractivity contribution is 7.99. The number of carbonyl (C=O) groups is 1. The summed E-state index contributed by atoms with van der Waals surface area (Å²) in [6.07, 6.45) is 1.74. The zero-order valence-corrected chi connectivity index (χ0v) is 23.5. The Morgan fingerprint density at radius 3 is 2.38 bits per heavy atom. The van der Waals surface area contributed by atoms with Crippen molar-refractivity contribution in [3.63, 3.8) is 0 Å². The number of benzene rings is 3. The van der Waals surface area contributed by atoms with E-state index in [-0.39, 0.29) is 11.5 Å². The zero-order chi connectivity index (χ0) is 27.6. The van der Waals surface area contributed by atoms with Crippen LogP contribution < -0.4 is 20.2 Å². The number of nitrogens with one attached hydrogen (secondary N) is 1. The van der Waals surface area contributed by atoms with Gasteiger partial charge in [-0.25, -0.2) is 4.99 Å². The van der Waals surface area contributed by atoms with E-state index < -0.39 is 6.04 Å². The molecule has 0 bridgehead atoms. The second kappa shape index (κ2) is 11.0. The number of allylic oxidation sites excluding steroid dienone is 1. The molecule has 0 saturated carbocycles. The number of anilines is 1. The predicted molar refractivity (Wildman–Crippen MR) is 159 cm³/mol. The van der Waals surface area contributed by atoms with Gasteiger partial charge in [0, 0.05) is 16.7 Å². The fourth-order valence-electron chi connectivity index (χ4n) is 4.60. The number of furan rings is 1. The second-order valence-electron chi connectivity index (χ2n) is 9.38. The molecule has 0 fully saturated rings. The summed E-state index contributed by atoms with van der Waals surface area (Å²) in [4.78, 5) is 33.7. The van der Waals surface area contributed by atoms with Crippen LogP contribution in [0.4, 0.5) is 5.69 Å². The molecule has 40 heavy (non-hydrogen) atoms. The van der Waals surface area contributed by atoms with E-state index in [1.54, 1.807) is 10.6 Å². The monoisotopic (exact) mass is 563 g/mol. The van der Waals surface area contributed by atoms with E-state index in [0.717, 1.165) is 15.6 Å².